The second-order valence-electron chi connectivity index (χ2n) is 7.67. The summed E-state index contributed by atoms with van der Waals surface area (Å²) in [5, 5.41) is 0. The van der Waals surface area contributed by atoms with Crippen LogP contribution in [-0.4, -0.2) is 53.3 Å². The summed E-state index contributed by atoms with van der Waals surface area (Å²) in [6, 6.07) is 9.81. The van der Waals surface area contributed by atoms with Crippen molar-refractivity contribution in [1.29, 1.82) is 0 Å². The van der Waals surface area contributed by atoms with E-state index >= 15 is 0 Å². The second-order valence-corrected chi connectivity index (χ2v) is 7.67. The molecule has 1 aliphatic heterocycles. The van der Waals surface area contributed by atoms with Crippen molar-refractivity contribution >= 4 is 24.2 Å². The summed E-state index contributed by atoms with van der Waals surface area (Å²) in [5.74, 6) is 0.243. The van der Waals surface area contributed by atoms with Crippen LogP contribution in [0, 0.1) is 5.92 Å². The third kappa shape index (κ3) is 4.77. The first-order valence-corrected chi connectivity index (χ1v) is 9.37. The van der Waals surface area contributed by atoms with E-state index in [1.807, 2.05) is 47.1 Å². The van der Waals surface area contributed by atoms with Gasteiger partial charge in [0.05, 0.1) is 12.3 Å². The molecule has 5 nitrogen and oxygen atoms in total. The Labute approximate surface area is 162 Å². The molecule has 144 valence electrons. The van der Waals surface area contributed by atoms with Gasteiger partial charge in [-0.1, -0.05) is 43.2 Å². The third-order valence-electron chi connectivity index (χ3n) is 5.69. The Bertz CT molecular complexity index is 613. The third-order valence-corrected chi connectivity index (χ3v) is 5.69. The fourth-order valence-corrected chi connectivity index (χ4v) is 4.04. The van der Waals surface area contributed by atoms with Gasteiger partial charge in [-0.3, -0.25) is 9.59 Å². The molecule has 26 heavy (non-hydrogen) atoms. The van der Waals surface area contributed by atoms with Crippen molar-refractivity contribution in [3.05, 3.63) is 35.9 Å². The molecule has 1 heterocycles. The van der Waals surface area contributed by atoms with E-state index in [1.165, 1.54) is 0 Å². The molecule has 2 fully saturated rings. The topological polar surface area (TPSA) is 66.6 Å². The molecule has 1 aromatic rings. The molecule has 0 spiro atoms. The molecule has 0 aromatic heterocycles. The van der Waals surface area contributed by atoms with Crippen molar-refractivity contribution in [2.45, 2.75) is 44.6 Å². The highest BCUT2D eigenvalue weighted by Crippen LogP contribution is 2.33. The van der Waals surface area contributed by atoms with Crippen LogP contribution in [0.1, 0.15) is 38.2 Å². The molecule has 2 N–H and O–H groups in total. The number of carbonyl (C=O) groups is 2. The van der Waals surface area contributed by atoms with Crippen molar-refractivity contribution in [1.82, 2.24) is 9.80 Å². The van der Waals surface area contributed by atoms with Crippen molar-refractivity contribution in [2.24, 2.45) is 11.7 Å². The minimum atomic E-state index is -0.393. The quantitative estimate of drug-likeness (QED) is 0.875. The van der Waals surface area contributed by atoms with Crippen LogP contribution in [0.15, 0.2) is 30.3 Å². The summed E-state index contributed by atoms with van der Waals surface area (Å²) in [4.78, 5) is 29.1. The summed E-state index contributed by atoms with van der Waals surface area (Å²) >= 11 is 0. The maximum atomic E-state index is 12.9. The van der Waals surface area contributed by atoms with E-state index in [-0.39, 0.29) is 30.1 Å². The Hall–Kier alpha value is -1.59. The number of rotatable bonds is 3. The van der Waals surface area contributed by atoms with Crippen LogP contribution in [0.3, 0.4) is 0 Å². The van der Waals surface area contributed by atoms with Gasteiger partial charge in [-0.05, 0) is 25.3 Å². The lowest BCUT2D eigenvalue weighted by atomic mass is 9.74. The lowest BCUT2D eigenvalue weighted by Crippen LogP contribution is -2.57. The smallest absolute Gasteiger partial charge is 0.227 e. The van der Waals surface area contributed by atoms with Crippen molar-refractivity contribution < 1.29 is 9.59 Å². The van der Waals surface area contributed by atoms with Gasteiger partial charge in [0.2, 0.25) is 11.8 Å². The highest BCUT2D eigenvalue weighted by molar-refractivity contribution is 5.85. The maximum Gasteiger partial charge on any atom is 0.227 e. The summed E-state index contributed by atoms with van der Waals surface area (Å²) in [5.41, 5.74) is 7.02. The zero-order valence-corrected chi connectivity index (χ0v) is 16.3. The minimum absolute atomic E-state index is 0. The fraction of sp³-hybridized carbons (Fsp3) is 0.600. The SMILES string of the molecule is CC1(N)CCCCC1C(=O)N1CCN(C(=O)Cc2ccccc2)CC1.Cl. The Morgan fingerprint density at radius 2 is 1.69 bits per heavy atom. The van der Waals surface area contributed by atoms with Crippen LogP contribution in [0.4, 0.5) is 0 Å². The molecule has 1 saturated heterocycles. The van der Waals surface area contributed by atoms with E-state index in [9.17, 15) is 9.59 Å². The van der Waals surface area contributed by atoms with Gasteiger partial charge in [0, 0.05) is 31.7 Å². The normalized spacial score (nSPS) is 26.2. The van der Waals surface area contributed by atoms with E-state index in [0.29, 0.717) is 32.6 Å². The molecular formula is C20H30ClN3O2. The number of benzene rings is 1. The summed E-state index contributed by atoms with van der Waals surface area (Å²) in [7, 11) is 0. The van der Waals surface area contributed by atoms with Crippen LogP contribution in [0.5, 0.6) is 0 Å². The van der Waals surface area contributed by atoms with Gasteiger partial charge in [0.25, 0.3) is 0 Å². The Morgan fingerprint density at radius 1 is 1.08 bits per heavy atom. The highest BCUT2D eigenvalue weighted by atomic mass is 35.5. The molecule has 2 atom stereocenters. The largest absolute Gasteiger partial charge is 0.339 e. The molecule has 1 saturated carbocycles. The maximum absolute atomic E-state index is 12.9. The summed E-state index contributed by atoms with van der Waals surface area (Å²) in [6.45, 7) is 4.48. The number of halogens is 1. The van der Waals surface area contributed by atoms with Gasteiger partial charge < -0.3 is 15.5 Å². The van der Waals surface area contributed by atoms with E-state index in [1.54, 1.807) is 0 Å². The van der Waals surface area contributed by atoms with Crippen LogP contribution in [0.25, 0.3) is 0 Å². The molecule has 2 amide bonds. The van der Waals surface area contributed by atoms with Gasteiger partial charge in [-0.2, -0.15) is 0 Å². The number of hydrogen-bond acceptors (Lipinski definition) is 3. The first-order valence-electron chi connectivity index (χ1n) is 9.37. The molecule has 3 rings (SSSR count). The summed E-state index contributed by atoms with van der Waals surface area (Å²) < 4.78 is 0. The first kappa shape index (κ1) is 20.7. The fourth-order valence-electron chi connectivity index (χ4n) is 4.04. The van der Waals surface area contributed by atoms with Crippen molar-refractivity contribution in [3.63, 3.8) is 0 Å². The molecule has 1 aromatic carbocycles. The van der Waals surface area contributed by atoms with E-state index in [0.717, 1.165) is 31.2 Å². The summed E-state index contributed by atoms with van der Waals surface area (Å²) in [6.07, 6.45) is 4.42. The van der Waals surface area contributed by atoms with Gasteiger partial charge >= 0.3 is 0 Å². The predicted molar refractivity (Wildman–Crippen MR) is 105 cm³/mol. The lowest BCUT2D eigenvalue weighted by Gasteiger charge is -2.42. The zero-order valence-electron chi connectivity index (χ0n) is 15.5. The van der Waals surface area contributed by atoms with Gasteiger partial charge in [-0.25, -0.2) is 0 Å². The second kappa shape index (κ2) is 8.87. The first-order chi connectivity index (χ1) is 12.0. The number of nitrogens with zero attached hydrogens (tertiary/aromatic N) is 2. The van der Waals surface area contributed by atoms with Crippen molar-refractivity contribution in [3.8, 4) is 0 Å². The van der Waals surface area contributed by atoms with Crippen LogP contribution in [-0.2, 0) is 16.0 Å². The Morgan fingerprint density at radius 3 is 2.31 bits per heavy atom. The molecule has 6 heteroatoms. The number of piperazine rings is 1. The molecule has 0 radical (unpaired) electrons. The molecular weight excluding hydrogens is 350 g/mol. The number of carbonyl (C=O) groups excluding carboxylic acids is 2. The van der Waals surface area contributed by atoms with Crippen LogP contribution in [0.2, 0.25) is 0 Å². The number of nitrogens with two attached hydrogens (primary N) is 1. The standard InChI is InChI=1S/C20H29N3O2.ClH/c1-20(21)10-6-5-9-17(20)19(25)23-13-11-22(12-14-23)18(24)15-16-7-3-2-4-8-16;/h2-4,7-8,17H,5-6,9-15,21H2,1H3;1H. The van der Waals surface area contributed by atoms with Gasteiger partial charge in [0.15, 0.2) is 0 Å². The van der Waals surface area contributed by atoms with Gasteiger partial charge in [0.1, 0.15) is 0 Å². The number of amides is 2. The molecule has 1 aliphatic carbocycles. The predicted octanol–water partition coefficient (Wildman–Crippen LogP) is 2.23. The molecule has 2 aliphatic rings. The van der Waals surface area contributed by atoms with Crippen LogP contribution < -0.4 is 5.73 Å². The minimum Gasteiger partial charge on any atom is -0.339 e. The molecule has 2 unspecified atom stereocenters. The lowest BCUT2D eigenvalue weighted by molar-refractivity contribution is -0.144. The van der Waals surface area contributed by atoms with E-state index < -0.39 is 5.54 Å². The monoisotopic (exact) mass is 379 g/mol. The van der Waals surface area contributed by atoms with Gasteiger partial charge in [-0.15, -0.1) is 12.4 Å². The van der Waals surface area contributed by atoms with E-state index in [4.69, 9.17) is 5.73 Å². The Balaban J connectivity index is 0.00000243. The Kier molecular flexibility index (Phi) is 7.07. The zero-order chi connectivity index (χ0) is 17.9. The number of hydrogen-bond donors (Lipinski definition) is 1. The molecule has 0 bridgehead atoms. The average molecular weight is 380 g/mol. The van der Waals surface area contributed by atoms with Crippen molar-refractivity contribution in [2.75, 3.05) is 26.2 Å². The highest BCUT2D eigenvalue weighted by Gasteiger charge is 2.40. The van der Waals surface area contributed by atoms with Crippen LogP contribution >= 0.6 is 12.4 Å². The van der Waals surface area contributed by atoms with E-state index in [2.05, 4.69) is 0 Å². The average Bonchev–Trinajstić information content (AvgIpc) is 2.62.